The van der Waals surface area contributed by atoms with Gasteiger partial charge in [0.25, 0.3) is 5.91 Å². The van der Waals surface area contributed by atoms with E-state index in [-0.39, 0.29) is 41.4 Å². The number of rotatable bonds is 10. The van der Waals surface area contributed by atoms with Gasteiger partial charge in [-0.05, 0) is 48.7 Å². The Hall–Kier alpha value is -2.63. The lowest BCUT2D eigenvalue weighted by Gasteiger charge is -2.15. The molecule has 10 heteroatoms. The third-order valence-electron chi connectivity index (χ3n) is 4.33. The number of ether oxygens (including phenoxy) is 2. The minimum absolute atomic E-state index is 0. The van der Waals surface area contributed by atoms with Gasteiger partial charge in [0.2, 0.25) is 0 Å². The molecular weight excluding hydrogens is 533 g/mol. The number of alkyl halides is 2. The number of nitrogens with one attached hydrogen (secondary N) is 3. The Kier molecular flexibility index (Phi) is 12.4. The summed E-state index contributed by atoms with van der Waals surface area (Å²) in [7, 11) is 3.26. The number of nitrogens with zero attached hydrogens (tertiary/aromatic N) is 1. The maximum Gasteiger partial charge on any atom is 0.387 e. The molecule has 0 heterocycles. The minimum Gasteiger partial charge on any atom is -0.490 e. The van der Waals surface area contributed by atoms with Crippen LogP contribution in [0.4, 0.5) is 8.78 Å². The van der Waals surface area contributed by atoms with E-state index in [2.05, 4.69) is 25.7 Å². The second kappa shape index (κ2) is 14.4. The Morgan fingerprint density at radius 3 is 2.53 bits per heavy atom. The van der Waals surface area contributed by atoms with Crippen molar-refractivity contribution in [2.75, 3.05) is 27.2 Å². The van der Waals surface area contributed by atoms with Crippen LogP contribution < -0.4 is 25.4 Å². The highest BCUT2D eigenvalue weighted by Gasteiger charge is 2.12. The molecule has 2 rings (SSSR count). The van der Waals surface area contributed by atoms with Crippen molar-refractivity contribution in [2.45, 2.75) is 26.5 Å². The van der Waals surface area contributed by atoms with Gasteiger partial charge in [0.1, 0.15) is 0 Å². The van der Waals surface area contributed by atoms with Crippen LogP contribution in [0.5, 0.6) is 11.5 Å². The molecule has 0 aliphatic carbocycles. The first kappa shape index (κ1) is 27.4. The molecule has 7 nitrogen and oxygen atoms in total. The van der Waals surface area contributed by atoms with Crippen molar-refractivity contribution in [3.63, 3.8) is 0 Å². The Morgan fingerprint density at radius 1 is 1.09 bits per heavy atom. The number of aliphatic imine (C=N–C) groups is 1. The molecule has 0 atom stereocenters. The van der Waals surface area contributed by atoms with Gasteiger partial charge in [-0.2, -0.15) is 8.78 Å². The van der Waals surface area contributed by atoms with Crippen molar-refractivity contribution in [1.29, 1.82) is 0 Å². The van der Waals surface area contributed by atoms with E-state index in [1.54, 1.807) is 39.2 Å². The standard InChI is InChI=1S/C22H28F2N4O3.HI/c1-4-30-19-13-16(8-9-18(19)31-21(23)24)14-28-22(26-3)27-11-10-15-6-5-7-17(12-15)20(29)25-2;/h5-9,12-13,21H,4,10-11,14H2,1-3H3,(H,25,29)(H2,26,27,28);1H. The highest BCUT2D eigenvalue weighted by molar-refractivity contribution is 14.0. The van der Waals surface area contributed by atoms with Crippen LogP contribution in [0.3, 0.4) is 0 Å². The first-order valence-corrected chi connectivity index (χ1v) is 9.92. The van der Waals surface area contributed by atoms with Crippen LogP contribution >= 0.6 is 24.0 Å². The van der Waals surface area contributed by atoms with Crippen molar-refractivity contribution >= 4 is 35.8 Å². The zero-order valence-corrected chi connectivity index (χ0v) is 20.6. The predicted molar refractivity (Wildman–Crippen MR) is 131 cm³/mol. The van der Waals surface area contributed by atoms with E-state index in [4.69, 9.17) is 4.74 Å². The van der Waals surface area contributed by atoms with Crippen LogP contribution in [-0.2, 0) is 13.0 Å². The van der Waals surface area contributed by atoms with Crippen LogP contribution in [0.2, 0.25) is 0 Å². The number of amides is 1. The van der Waals surface area contributed by atoms with E-state index < -0.39 is 6.61 Å². The fraction of sp³-hybridized carbons (Fsp3) is 0.364. The molecular formula is C22H29F2IN4O3. The molecule has 0 bridgehead atoms. The molecule has 0 aliphatic rings. The Balaban J connectivity index is 0.00000512. The fourth-order valence-corrected chi connectivity index (χ4v) is 2.87. The van der Waals surface area contributed by atoms with Crippen molar-refractivity contribution in [2.24, 2.45) is 4.99 Å². The molecule has 0 aliphatic heterocycles. The number of hydrogen-bond donors (Lipinski definition) is 3. The number of carbonyl (C=O) groups excluding carboxylic acids is 1. The lowest BCUT2D eigenvalue weighted by atomic mass is 10.1. The number of halogens is 3. The summed E-state index contributed by atoms with van der Waals surface area (Å²) in [5, 5.41) is 8.99. The van der Waals surface area contributed by atoms with Gasteiger partial charge in [0.15, 0.2) is 17.5 Å². The maximum absolute atomic E-state index is 12.5. The highest BCUT2D eigenvalue weighted by Crippen LogP contribution is 2.29. The lowest BCUT2D eigenvalue weighted by Crippen LogP contribution is -2.37. The zero-order valence-electron chi connectivity index (χ0n) is 18.3. The van der Waals surface area contributed by atoms with Gasteiger partial charge in [-0.1, -0.05) is 18.2 Å². The quantitative estimate of drug-likeness (QED) is 0.235. The van der Waals surface area contributed by atoms with E-state index in [1.165, 1.54) is 6.07 Å². The smallest absolute Gasteiger partial charge is 0.387 e. The van der Waals surface area contributed by atoms with Crippen molar-refractivity contribution < 1.29 is 23.0 Å². The Labute approximate surface area is 204 Å². The van der Waals surface area contributed by atoms with Crippen molar-refractivity contribution in [3.8, 4) is 11.5 Å². The molecule has 176 valence electrons. The second-order valence-corrected chi connectivity index (χ2v) is 6.47. The Morgan fingerprint density at radius 2 is 1.88 bits per heavy atom. The molecule has 0 unspecified atom stereocenters. The van der Waals surface area contributed by atoms with Gasteiger partial charge in [-0.3, -0.25) is 9.79 Å². The molecule has 0 saturated carbocycles. The molecule has 1 amide bonds. The molecule has 3 N–H and O–H groups in total. The number of hydrogen-bond acceptors (Lipinski definition) is 4. The van der Waals surface area contributed by atoms with Crippen LogP contribution in [0, 0.1) is 0 Å². The average molecular weight is 562 g/mol. The normalized spacial score (nSPS) is 10.9. The predicted octanol–water partition coefficient (Wildman–Crippen LogP) is 3.57. The molecule has 0 saturated heterocycles. The largest absolute Gasteiger partial charge is 0.490 e. The summed E-state index contributed by atoms with van der Waals surface area (Å²) in [6.07, 6.45) is 0.708. The molecule has 2 aromatic rings. The summed E-state index contributed by atoms with van der Waals surface area (Å²) in [6.45, 7) is 0.222. The summed E-state index contributed by atoms with van der Waals surface area (Å²) in [4.78, 5) is 15.9. The summed E-state index contributed by atoms with van der Waals surface area (Å²) in [6, 6.07) is 12.2. The fourth-order valence-electron chi connectivity index (χ4n) is 2.87. The van der Waals surface area contributed by atoms with Gasteiger partial charge in [-0.15, -0.1) is 24.0 Å². The highest BCUT2D eigenvalue weighted by atomic mass is 127. The van der Waals surface area contributed by atoms with Gasteiger partial charge in [-0.25, -0.2) is 0 Å². The van der Waals surface area contributed by atoms with Crippen molar-refractivity contribution in [1.82, 2.24) is 16.0 Å². The summed E-state index contributed by atoms with van der Waals surface area (Å²) in [5.74, 6) is 0.736. The first-order chi connectivity index (χ1) is 15.0. The summed E-state index contributed by atoms with van der Waals surface area (Å²) in [5.41, 5.74) is 2.47. The van der Waals surface area contributed by atoms with Gasteiger partial charge >= 0.3 is 6.61 Å². The first-order valence-electron chi connectivity index (χ1n) is 9.92. The molecule has 0 spiro atoms. The van der Waals surface area contributed by atoms with Gasteiger partial charge < -0.3 is 25.4 Å². The second-order valence-electron chi connectivity index (χ2n) is 6.47. The van der Waals surface area contributed by atoms with Gasteiger partial charge in [0.05, 0.1) is 6.61 Å². The van der Waals surface area contributed by atoms with E-state index >= 15 is 0 Å². The lowest BCUT2D eigenvalue weighted by molar-refractivity contribution is -0.0514. The average Bonchev–Trinajstić information content (AvgIpc) is 2.77. The van der Waals surface area contributed by atoms with E-state index in [9.17, 15) is 13.6 Å². The molecule has 32 heavy (non-hydrogen) atoms. The van der Waals surface area contributed by atoms with Crippen molar-refractivity contribution in [3.05, 3.63) is 59.2 Å². The summed E-state index contributed by atoms with van der Waals surface area (Å²) >= 11 is 0. The number of benzene rings is 2. The van der Waals surface area contributed by atoms with E-state index in [0.717, 1.165) is 11.1 Å². The number of carbonyl (C=O) groups is 1. The van der Waals surface area contributed by atoms with Crippen LogP contribution in [0.15, 0.2) is 47.5 Å². The van der Waals surface area contributed by atoms with E-state index in [1.807, 2.05) is 18.2 Å². The molecule has 0 fully saturated rings. The van der Waals surface area contributed by atoms with Crippen LogP contribution in [0.25, 0.3) is 0 Å². The zero-order chi connectivity index (χ0) is 22.6. The van der Waals surface area contributed by atoms with Gasteiger partial charge in [0, 0.05) is 32.7 Å². The third kappa shape index (κ3) is 8.85. The topological polar surface area (TPSA) is 84.0 Å². The monoisotopic (exact) mass is 562 g/mol. The van der Waals surface area contributed by atoms with Crippen LogP contribution in [0.1, 0.15) is 28.4 Å². The maximum atomic E-state index is 12.5. The van der Waals surface area contributed by atoms with E-state index in [0.29, 0.717) is 37.6 Å². The molecule has 0 aromatic heterocycles. The Bertz CT molecular complexity index is 897. The van der Waals surface area contributed by atoms with Crippen LogP contribution in [-0.4, -0.2) is 45.7 Å². The summed E-state index contributed by atoms with van der Waals surface area (Å²) < 4.78 is 34.9. The molecule has 0 radical (unpaired) electrons. The SMILES string of the molecule is CCOc1cc(CNC(=NC)NCCc2cccc(C(=O)NC)c2)ccc1OC(F)F.I. The minimum atomic E-state index is -2.91. The number of guanidine groups is 1. The molecule has 2 aromatic carbocycles. The third-order valence-corrected chi connectivity index (χ3v) is 4.33.